The second-order valence-corrected chi connectivity index (χ2v) is 5.86. The van der Waals surface area contributed by atoms with Crippen LogP contribution in [0.25, 0.3) is 11.2 Å². The number of aromatic nitrogens is 4. The number of methoxy groups -OCH3 is 1. The number of ether oxygens (including phenoxy) is 2. The fourth-order valence-electron chi connectivity index (χ4n) is 3.02. The highest BCUT2D eigenvalue weighted by molar-refractivity contribution is 5.73. The van der Waals surface area contributed by atoms with E-state index in [4.69, 9.17) is 9.47 Å². The third kappa shape index (κ3) is 2.96. The van der Waals surface area contributed by atoms with Crippen molar-refractivity contribution in [2.24, 2.45) is 0 Å². The number of phenols is 1. The number of anilines is 1. The molecule has 0 bridgehead atoms. The quantitative estimate of drug-likeness (QED) is 0.736. The van der Waals surface area contributed by atoms with Gasteiger partial charge in [0, 0.05) is 13.2 Å². The number of hydrogen-bond acceptors (Lipinski definition) is 7. The van der Waals surface area contributed by atoms with Crippen LogP contribution in [0.5, 0.6) is 11.5 Å². The lowest BCUT2D eigenvalue weighted by Crippen LogP contribution is -2.13. The molecule has 1 fully saturated rings. The molecule has 0 spiro atoms. The average Bonchev–Trinajstić information content (AvgIpc) is 3.27. The van der Waals surface area contributed by atoms with Crippen molar-refractivity contribution < 1.29 is 14.6 Å². The first-order valence-corrected chi connectivity index (χ1v) is 8.15. The standard InChI is InChI=1S/C17H19N5O3/c1-24-14-7-11(4-5-13(14)23)8-19-17-21-12-9-18-10-20-16(12)22(17)15-3-2-6-25-15/h4-5,7,9-10,15,23H,2-3,6,8H2,1H3,(H,19,21). The molecular weight excluding hydrogens is 322 g/mol. The van der Waals surface area contributed by atoms with E-state index in [9.17, 15) is 5.11 Å². The number of phenolic OH excluding ortho intramolecular Hbond substituents is 1. The normalized spacial score (nSPS) is 17.1. The van der Waals surface area contributed by atoms with Gasteiger partial charge < -0.3 is 19.9 Å². The summed E-state index contributed by atoms with van der Waals surface area (Å²) in [5.41, 5.74) is 2.45. The summed E-state index contributed by atoms with van der Waals surface area (Å²) in [7, 11) is 1.53. The minimum absolute atomic E-state index is 0.0725. The average molecular weight is 341 g/mol. The summed E-state index contributed by atoms with van der Waals surface area (Å²) >= 11 is 0. The fourth-order valence-corrected chi connectivity index (χ4v) is 3.02. The summed E-state index contributed by atoms with van der Waals surface area (Å²) in [5, 5.41) is 13.0. The Labute approximate surface area is 144 Å². The molecule has 3 aromatic rings. The zero-order valence-electron chi connectivity index (χ0n) is 13.8. The first-order valence-electron chi connectivity index (χ1n) is 8.15. The smallest absolute Gasteiger partial charge is 0.207 e. The number of fused-ring (bicyclic) bond motifs is 1. The molecule has 0 amide bonds. The van der Waals surface area contributed by atoms with Gasteiger partial charge >= 0.3 is 0 Å². The first kappa shape index (κ1) is 15.6. The van der Waals surface area contributed by atoms with Crippen molar-refractivity contribution in [3.8, 4) is 11.5 Å². The van der Waals surface area contributed by atoms with Crippen LogP contribution < -0.4 is 10.1 Å². The molecule has 0 saturated carbocycles. The molecule has 0 aliphatic carbocycles. The Balaban J connectivity index is 1.63. The Morgan fingerprint density at radius 1 is 1.44 bits per heavy atom. The van der Waals surface area contributed by atoms with Crippen LogP contribution in [-0.2, 0) is 11.3 Å². The van der Waals surface area contributed by atoms with Crippen molar-refractivity contribution >= 4 is 17.1 Å². The van der Waals surface area contributed by atoms with E-state index in [1.54, 1.807) is 18.3 Å². The van der Waals surface area contributed by atoms with E-state index < -0.39 is 0 Å². The monoisotopic (exact) mass is 341 g/mol. The number of nitrogens with zero attached hydrogens (tertiary/aromatic N) is 4. The molecule has 4 rings (SSSR count). The lowest BCUT2D eigenvalue weighted by atomic mass is 10.2. The van der Waals surface area contributed by atoms with Gasteiger partial charge in [0.2, 0.25) is 5.95 Å². The first-order chi connectivity index (χ1) is 12.3. The Morgan fingerprint density at radius 2 is 2.36 bits per heavy atom. The van der Waals surface area contributed by atoms with Gasteiger partial charge in [0.05, 0.1) is 13.3 Å². The van der Waals surface area contributed by atoms with Crippen molar-refractivity contribution in [2.45, 2.75) is 25.6 Å². The molecule has 0 radical (unpaired) electrons. The summed E-state index contributed by atoms with van der Waals surface area (Å²) < 4.78 is 13.0. The molecule has 1 unspecified atom stereocenters. The third-order valence-corrected chi connectivity index (χ3v) is 4.24. The highest BCUT2D eigenvalue weighted by Crippen LogP contribution is 2.31. The van der Waals surface area contributed by atoms with Crippen LogP contribution in [0.1, 0.15) is 24.6 Å². The second kappa shape index (κ2) is 6.56. The summed E-state index contributed by atoms with van der Waals surface area (Å²) in [4.78, 5) is 13.0. The van der Waals surface area contributed by atoms with Crippen molar-refractivity contribution in [3.05, 3.63) is 36.3 Å². The van der Waals surface area contributed by atoms with Gasteiger partial charge in [-0.15, -0.1) is 0 Å². The zero-order valence-corrected chi connectivity index (χ0v) is 13.8. The summed E-state index contributed by atoms with van der Waals surface area (Å²) in [6, 6.07) is 5.25. The SMILES string of the molecule is COc1cc(CNc2nc3cncnc3n2C2CCCO2)ccc1O. The van der Waals surface area contributed by atoms with Gasteiger partial charge in [0.25, 0.3) is 0 Å². The van der Waals surface area contributed by atoms with Gasteiger partial charge in [-0.1, -0.05) is 6.07 Å². The number of imidazole rings is 1. The predicted molar refractivity (Wildman–Crippen MR) is 91.5 cm³/mol. The van der Waals surface area contributed by atoms with E-state index in [0.717, 1.165) is 36.2 Å². The van der Waals surface area contributed by atoms with Crippen LogP contribution in [0.3, 0.4) is 0 Å². The molecule has 1 aliphatic heterocycles. The van der Waals surface area contributed by atoms with E-state index >= 15 is 0 Å². The van der Waals surface area contributed by atoms with Crippen molar-refractivity contribution in [1.82, 2.24) is 19.5 Å². The van der Waals surface area contributed by atoms with Crippen LogP contribution in [-0.4, -0.2) is 38.3 Å². The van der Waals surface area contributed by atoms with Crippen LogP contribution in [0.2, 0.25) is 0 Å². The van der Waals surface area contributed by atoms with Crippen LogP contribution in [0, 0.1) is 0 Å². The maximum atomic E-state index is 9.71. The maximum Gasteiger partial charge on any atom is 0.207 e. The summed E-state index contributed by atoms with van der Waals surface area (Å²) in [6.07, 6.45) is 5.09. The summed E-state index contributed by atoms with van der Waals surface area (Å²) in [6.45, 7) is 1.27. The van der Waals surface area contributed by atoms with Crippen LogP contribution >= 0.6 is 0 Å². The van der Waals surface area contributed by atoms with Gasteiger partial charge in [-0.2, -0.15) is 0 Å². The minimum Gasteiger partial charge on any atom is -0.504 e. The molecule has 1 saturated heterocycles. The number of rotatable bonds is 5. The molecule has 1 atom stereocenters. The molecule has 1 aromatic carbocycles. The van der Waals surface area contributed by atoms with E-state index in [0.29, 0.717) is 18.2 Å². The minimum atomic E-state index is -0.0725. The van der Waals surface area contributed by atoms with Crippen LogP contribution in [0.4, 0.5) is 5.95 Å². The highest BCUT2D eigenvalue weighted by atomic mass is 16.5. The lowest BCUT2D eigenvalue weighted by Gasteiger charge is -2.16. The second-order valence-electron chi connectivity index (χ2n) is 5.86. The van der Waals surface area contributed by atoms with E-state index in [1.807, 2.05) is 10.6 Å². The topological polar surface area (TPSA) is 94.3 Å². The van der Waals surface area contributed by atoms with Crippen molar-refractivity contribution in [1.29, 1.82) is 0 Å². The molecular formula is C17H19N5O3. The van der Waals surface area contributed by atoms with E-state index in [-0.39, 0.29) is 12.0 Å². The van der Waals surface area contributed by atoms with Gasteiger partial charge in [-0.3, -0.25) is 4.57 Å². The molecule has 3 heterocycles. The molecule has 130 valence electrons. The molecule has 1 aliphatic rings. The molecule has 25 heavy (non-hydrogen) atoms. The van der Waals surface area contributed by atoms with Gasteiger partial charge in [0.15, 0.2) is 17.1 Å². The maximum absolute atomic E-state index is 9.71. The Bertz CT molecular complexity index is 889. The Kier molecular flexibility index (Phi) is 4.10. The zero-order chi connectivity index (χ0) is 17.2. The van der Waals surface area contributed by atoms with Gasteiger partial charge in [-0.05, 0) is 30.5 Å². The van der Waals surface area contributed by atoms with Gasteiger partial charge in [0.1, 0.15) is 18.1 Å². The van der Waals surface area contributed by atoms with Crippen LogP contribution in [0.15, 0.2) is 30.7 Å². The van der Waals surface area contributed by atoms with Gasteiger partial charge in [-0.25, -0.2) is 15.0 Å². The number of hydrogen-bond donors (Lipinski definition) is 2. The summed E-state index contributed by atoms with van der Waals surface area (Å²) in [5.74, 6) is 1.25. The number of aromatic hydroxyl groups is 1. The molecule has 8 heteroatoms. The predicted octanol–water partition coefficient (Wildman–Crippen LogP) is 2.46. The largest absolute Gasteiger partial charge is 0.504 e. The van der Waals surface area contributed by atoms with E-state index in [1.165, 1.54) is 13.4 Å². The van der Waals surface area contributed by atoms with E-state index in [2.05, 4.69) is 20.3 Å². The molecule has 2 N–H and O–H groups in total. The lowest BCUT2D eigenvalue weighted by molar-refractivity contribution is 0.0608. The Morgan fingerprint density at radius 3 is 3.16 bits per heavy atom. The fraction of sp³-hybridized carbons (Fsp3) is 0.353. The number of nitrogens with one attached hydrogen (secondary N) is 1. The third-order valence-electron chi connectivity index (χ3n) is 4.24. The molecule has 2 aromatic heterocycles. The van der Waals surface area contributed by atoms with Crippen molar-refractivity contribution in [3.63, 3.8) is 0 Å². The van der Waals surface area contributed by atoms with Crippen molar-refractivity contribution in [2.75, 3.05) is 19.0 Å². The number of benzene rings is 1. The Hall–Kier alpha value is -2.87. The highest BCUT2D eigenvalue weighted by Gasteiger charge is 2.24. The molecule has 8 nitrogen and oxygen atoms in total.